The van der Waals surface area contributed by atoms with Gasteiger partial charge in [0.25, 0.3) is 11.5 Å². The van der Waals surface area contributed by atoms with E-state index in [0.717, 1.165) is 19.6 Å². The molecule has 0 unspecified atom stereocenters. The average molecular weight is 286 g/mol. The van der Waals surface area contributed by atoms with Crippen LogP contribution in [-0.4, -0.2) is 47.0 Å². The smallest absolute Gasteiger partial charge is 0.287 e. The van der Waals surface area contributed by atoms with Crippen molar-refractivity contribution in [2.45, 2.75) is 12.8 Å². The summed E-state index contributed by atoms with van der Waals surface area (Å²) in [7, 11) is 0. The molecule has 0 atom stereocenters. The van der Waals surface area contributed by atoms with Crippen molar-refractivity contribution in [3.8, 4) is 0 Å². The van der Waals surface area contributed by atoms with Crippen molar-refractivity contribution in [1.29, 1.82) is 0 Å². The molecule has 1 fully saturated rings. The van der Waals surface area contributed by atoms with E-state index in [2.05, 4.69) is 20.2 Å². The molecular formula is C15H18N4O2. The number of para-hydroxylation sites is 1. The summed E-state index contributed by atoms with van der Waals surface area (Å²) in [5, 5.41) is 3.30. The Morgan fingerprint density at radius 3 is 2.86 bits per heavy atom. The lowest BCUT2D eigenvalue weighted by Gasteiger charge is -2.14. The monoisotopic (exact) mass is 286 g/mol. The van der Waals surface area contributed by atoms with Gasteiger partial charge < -0.3 is 15.2 Å². The molecular weight excluding hydrogens is 268 g/mol. The SMILES string of the molecule is O=C(NCCN1CCCC1)c1nc2ccccc2c(=O)[nH]1. The van der Waals surface area contributed by atoms with E-state index >= 15 is 0 Å². The second kappa shape index (κ2) is 6.05. The van der Waals surface area contributed by atoms with Gasteiger partial charge in [-0.2, -0.15) is 0 Å². The summed E-state index contributed by atoms with van der Waals surface area (Å²) in [5.74, 6) is -0.267. The molecule has 0 bridgehead atoms. The van der Waals surface area contributed by atoms with Crippen LogP contribution in [0.4, 0.5) is 0 Å². The van der Waals surface area contributed by atoms with Crippen molar-refractivity contribution in [2.75, 3.05) is 26.2 Å². The number of hydrogen-bond acceptors (Lipinski definition) is 4. The molecule has 0 aliphatic carbocycles. The van der Waals surface area contributed by atoms with E-state index in [9.17, 15) is 9.59 Å². The molecule has 6 heteroatoms. The molecule has 1 aromatic heterocycles. The lowest BCUT2D eigenvalue weighted by molar-refractivity contribution is 0.0939. The highest BCUT2D eigenvalue weighted by atomic mass is 16.2. The molecule has 0 radical (unpaired) electrons. The first-order chi connectivity index (χ1) is 10.2. The third-order valence-corrected chi connectivity index (χ3v) is 3.74. The first-order valence-electron chi connectivity index (χ1n) is 7.24. The van der Waals surface area contributed by atoms with Crippen molar-refractivity contribution in [2.24, 2.45) is 0 Å². The van der Waals surface area contributed by atoms with E-state index < -0.39 is 0 Å². The summed E-state index contributed by atoms with van der Waals surface area (Å²) in [6.45, 7) is 3.60. The molecule has 21 heavy (non-hydrogen) atoms. The number of amides is 1. The molecule has 3 rings (SSSR count). The van der Waals surface area contributed by atoms with Crippen LogP contribution in [0.2, 0.25) is 0 Å². The van der Waals surface area contributed by atoms with Crippen LogP contribution in [0.3, 0.4) is 0 Å². The van der Waals surface area contributed by atoms with Crippen molar-refractivity contribution in [3.63, 3.8) is 0 Å². The quantitative estimate of drug-likeness (QED) is 0.869. The standard InChI is InChI=1S/C15H18N4O2/c20-14-11-5-1-2-6-12(11)17-13(18-14)15(21)16-7-10-19-8-3-4-9-19/h1-2,5-6H,3-4,7-10H2,(H,16,21)(H,17,18,20). The summed E-state index contributed by atoms with van der Waals surface area (Å²) in [6.07, 6.45) is 2.46. The number of likely N-dealkylation sites (tertiary alicyclic amines) is 1. The number of benzene rings is 1. The van der Waals surface area contributed by atoms with Gasteiger partial charge in [0.05, 0.1) is 10.9 Å². The Kier molecular flexibility index (Phi) is 3.96. The summed E-state index contributed by atoms with van der Waals surface area (Å²) in [6, 6.07) is 6.99. The zero-order valence-corrected chi connectivity index (χ0v) is 11.8. The highest BCUT2D eigenvalue weighted by Gasteiger charge is 2.13. The second-order valence-electron chi connectivity index (χ2n) is 5.24. The van der Waals surface area contributed by atoms with E-state index in [-0.39, 0.29) is 17.3 Å². The molecule has 6 nitrogen and oxygen atoms in total. The minimum Gasteiger partial charge on any atom is -0.348 e. The first kappa shape index (κ1) is 13.8. The van der Waals surface area contributed by atoms with Gasteiger partial charge in [-0.1, -0.05) is 12.1 Å². The first-order valence-corrected chi connectivity index (χ1v) is 7.24. The van der Waals surface area contributed by atoms with Gasteiger partial charge in [0.15, 0.2) is 5.82 Å². The van der Waals surface area contributed by atoms with Crippen LogP contribution >= 0.6 is 0 Å². The number of carbonyl (C=O) groups excluding carboxylic acids is 1. The number of nitrogens with one attached hydrogen (secondary N) is 2. The Morgan fingerprint density at radius 1 is 1.29 bits per heavy atom. The number of aromatic amines is 1. The summed E-state index contributed by atoms with van der Waals surface area (Å²) in [4.78, 5) is 33.0. The minimum atomic E-state index is -0.336. The van der Waals surface area contributed by atoms with Crippen molar-refractivity contribution < 1.29 is 4.79 Å². The third kappa shape index (κ3) is 3.11. The van der Waals surface area contributed by atoms with Gasteiger partial charge in [-0.05, 0) is 38.1 Å². The Hall–Kier alpha value is -2.21. The van der Waals surface area contributed by atoms with Gasteiger partial charge in [-0.15, -0.1) is 0 Å². The van der Waals surface area contributed by atoms with Crippen LogP contribution < -0.4 is 10.9 Å². The van der Waals surface area contributed by atoms with Crippen LogP contribution in [0.5, 0.6) is 0 Å². The Morgan fingerprint density at radius 2 is 2.05 bits per heavy atom. The fourth-order valence-electron chi connectivity index (χ4n) is 2.61. The number of fused-ring (bicyclic) bond motifs is 1. The van der Waals surface area contributed by atoms with Gasteiger partial charge in [0.1, 0.15) is 0 Å². The van der Waals surface area contributed by atoms with Gasteiger partial charge in [0.2, 0.25) is 0 Å². The highest BCUT2D eigenvalue weighted by Crippen LogP contribution is 2.06. The number of aromatic nitrogens is 2. The van der Waals surface area contributed by atoms with Gasteiger partial charge in [0, 0.05) is 13.1 Å². The number of H-pyrrole nitrogens is 1. The lowest BCUT2D eigenvalue weighted by atomic mass is 10.2. The molecule has 1 aliphatic heterocycles. The van der Waals surface area contributed by atoms with E-state index in [1.807, 2.05) is 0 Å². The van der Waals surface area contributed by atoms with E-state index in [0.29, 0.717) is 17.4 Å². The normalized spacial score (nSPS) is 15.4. The van der Waals surface area contributed by atoms with Crippen LogP contribution in [0.15, 0.2) is 29.1 Å². The molecule has 1 amide bonds. The van der Waals surface area contributed by atoms with Gasteiger partial charge in [-0.3, -0.25) is 9.59 Å². The van der Waals surface area contributed by atoms with E-state index in [1.165, 1.54) is 12.8 Å². The van der Waals surface area contributed by atoms with Gasteiger partial charge in [-0.25, -0.2) is 4.98 Å². The maximum atomic E-state index is 12.1. The number of hydrogen-bond donors (Lipinski definition) is 2. The summed E-state index contributed by atoms with van der Waals surface area (Å²) < 4.78 is 0. The van der Waals surface area contributed by atoms with E-state index in [4.69, 9.17) is 0 Å². The Labute approximate surface area is 122 Å². The number of nitrogens with zero attached hydrogens (tertiary/aromatic N) is 2. The van der Waals surface area contributed by atoms with Gasteiger partial charge >= 0.3 is 0 Å². The van der Waals surface area contributed by atoms with Crippen molar-refractivity contribution in [1.82, 2.24) is 20.2 Å². The second-order valence-corrected chi connectivity index (χ2v) is 5.24. The maximum Gasteiger partial charge on any atom is 0.287 e. The molecule has 0 saturated carbocycles. The highest BCUT2D eigenvalue weighted by molar-refractivity contribution is 5.92. The molecule has 1 aliphatic rings. The van der Waals surface area contributed by atoms with Crippen LogP contribution in [0, 0.1) is 0 Å². The summed E-state index contributed by atoms with van der Waals surface area (Å²) in [5.41, 5.74) is 0.247. The average Bonchev–Trinajstić information content (AvgIpc) is 3.00. The Bertz CT molecular complexity index is 704. The van der Waals surface area contributed by atoms with E-state index in [1.54, 1.807) is 24.3 Å². The lowest BCUT2D eigenvalue weighted by Crippen LogP contribution is -2.35. The third-order valence-electron chi connectivity index (χ3n) is 3.74. The molecule has 0 spiro atoms. The van der Waals surface area contributed by atoms with Crippen molar-refractivity contribution in [3.05, 3.63) is 40.4 Å². The molecule has 110 valence electrons. The number of carbonyl (C=O) groups is 1. The van der Waals surface area contributed by atoms with Crippen LogP contribution in [-0.2, 0) is 0 Å². The molecule has 2 N–H and O–H groups in total. The fraction of sp³-hybridized carbons (Fsp3) is 0.400. The molecule has 2 heterocycles. The molecule has 1 aromatic carbocycles. The molecule has 1 saturated heterocycles. The van der Waals surface area contributed by atoms with Crippen LogP contribution in [0.1, 0.15) is 23.5 Å². The molecule has 2 aromatic rings. The maximum absolute atomic E-state index is 12.1. The zero-order chi connectivity index (χ0) is 14.7. The largest absolute Gasteiger partial charge is 0.348 e. The van der Waals surface area contributed by atoms with Crippen LogP contribution in [0.25, 0.3) is 10.9 Å². The zero-order valence-electron chi connectivity index (χ0n) is 11.8. The van der Waals surface area contributed by atoms with Crippen molar-refractivity contribution >= 4 is 16.8 Å². The fourth-order valence-corrected chi connectivity index (χ4v) is 2.61. The topological polar surface area (TPSA) is 78.1 Å². The number of rotatable bonds is 4. The Balaban J connectivity index is 1.68. The predicted molar refractivity (Wildman–Crippen MR) is 80.4 cm³/mol. The predicted octanol–water partition coefficient (Wildman–Crippen LogP) is 0.749. The summed E-state index contributed by atoms with van der Waals surface area (Å²) >= 11 is 0. The minimum absolute atomic E-state index is 0.0696.